The molecule has 0 unspecified atom stereocenters. The number of hydrogen-bond donors (Lipinski definition) is 0. The number of piperazine rings is 1. The molecule has 1 fully saturated rings. The van der Waals surface area contributed by atoms with E-state index in [0.29, 0.717) is 6.54 Å². The number of nitrogens with zero attached hydrogens (tertiary/aromatic N) is 3. The molecule has 1 aliphatic heterocycles. The van der Waals surface area contributed by atoms with Gasteiger partial charge in [0.2, 0.25) is 12.1 Å². The van der Waals surface area contributed by atoms with Gasteiger partial charge in [-0.2, -0.15) is 4.57 Å². The van der Waals surface area contributed by atoms with Crippen LogP contribution in [-0.2, 0) is 11.3 Å². The second-order valence-electron chi connectivity index (χ2n) is 6.03. The van der Waals surface area contributed by atoms with Gasteiger partial charge in [0, 0.05) is 33.1 Å². The van der Waals surface area contributed by atoms with Gasteiger partial charge < -0.3 is 14.5 Å². The first kappa shape index (κ1) is 16.8. The van der Waals surface area contributed by atoms with E-state index in [1.165, 1.54) is 10.6 Å². The maximum Gasteiger partial charge on any atom is 0.288 e. The van der Waals surface area contributed by atoms with Gasteiger partial charge in [0.15, 0.2) is 5.69 Å². The molecule has 2 heterocycles. The Balaban J connectivity index is 1.60. The van der Waals surface area contributed by atoms with Crippen molar-refractivity contribution in [1.82, 2.24) is 4.90 Å². The SMILES string of the molecule is COc1ccccc1N1CCN(C(=O)C[n+]2csc(C)c2C)CC1. The molecule has 1 amide bonds. The second kappa shape index (κ2) is 7.21. The smallest absolute Gasteiger partial charge is 0.288 e. The lowest BCUT2D eigenvalue weighted by Gasteiger charge is -2.36. The Bertz CT molecular complexity index is 721. The van der Waals surface area contributed by atoms with Crippen molar-refractivity contribution in [3.63, 3.8) is 0 Å². The van der Waals surface area contributed by atoms with Crippen LogP contribution in [-0.4, -0.2) is 44.1 Å². The van der Waals surface area contributed by atoms with Crippen molar-refractivity contribution in [2.75, 3.05) is 38.2 Å². The molecule has 2 aromatic rings. The summed E-state index contributed by atoms with van der Waals surface area (Å²) in [6.45, 7) is 7.76. The normalized spacial score (nSPS) is 14.8. The number of benzene rings is 1. The summed E-state index contributed by atoms with van der Waals surface area (Å²) in [6, 6.07) is 8.05. The summed E-state index contributed by atoms with van der Waals surface area (Å²) < 4.78 is 7.49. The van der Waals surface area contributed by atoms with Crippen molar-refractivity contribution in [2.45, 2.75) is 20.4 Å². The highest BCUT2D eigenvalue weighted by Gasteiger charge is 2.26. The third-order valence-corrected chi connectivity index (χ3v) is 5.67. The molecule has 1 saturated heterocycles. The Morgan fingerprint density at radius 2 is 1.92 bits per heavy atom. The predicted molar refractivity (Wildman–Crippen MR) is 95.8 cm³/mol. The van der Waals surface area contributed by atoms with Crippen LogP contribution in [0.4, 0.5) is 5.69 Å². The van der Waals surface area contributed by atoms with Gasteiger partial charge in [0.05, 0.1) is 17.7 Å². The fourth-order valence-electron chi connectivity index (χ4n) is 3.00. The summed E-state index contributed by atoms with van der Waals surface area (Å²) in [6.07, 6.45) is 0. The maximum absolute atomic E-state index is 12.6. The average molecular weight is 346 g/mol. The van der Waals surface area contributed by atoms with Gasteiger partial charge in [-0.25, -0.2) is 0 Å². The third kappa shape index (κ3) is 3.38. The van der Waals surface area contributed by atoms with E-state index in [1.54, 1.807) is 18.4 Å². The first-order valence-corrected chi connectivity index (χ1v) is 9.08. The second-order valence-corrected chi connectivity index (χ2v) is 7.09. The molecule has 24 heavy (non-hydrogen) atoms. The van der Waals surface area contributed by atoms with Gasteiger partial charge in [-0.15, -0.1) is 0 Å². The Labute approximate surface area is 147 Å². The zero-order valence-electron chi connectivity index (χ0n) is 14.5. The van der Waals surface area contributed by atoms with E-state index in [0.717, 1.165) is 37.6 Å². The lowest BCUT2D eigenvalue weighted by atomic mass is 10.2. The number of aromatic nitrogens is 1. The van der Waals surface area contributed by atoms with Crippen molar-refractivity contribution >= 4 is 22.9 Å². The van der Waals surface area contributed by atoms with E-state index in [9.17, 15) is 4.79 Å². The van der Waals surface area contributed by atoms with E-state index in [-0.39, 0.29) is 5.91 Å². The van der Waals surface area contributed by atoms with Crippen LogP contribution in [0.25, 0.3) is 0 Å². The maximum atomic E-state index is 12.6. The molecule has 0 atom stereocenters. The lowest BCUT2D eigenvalue weighted by molar-refractivity contribution is -0.686. The van der Waals surface area contributed by atoms with E-state index in [4.69, 9.17) is 4.74 Å². The molecule has 1 aliphatic rings. The molecule has 3 rings (SSSR count). The number of anilines is 1. The van der Waals surface area contributed by atoms with Crippen LogP contribution < -0.4 is 14.2 Å². The van der Waals surface area contributed by atoms with E-state index >= 15 is 0 Å². The predicted octanol–water partition coefficient (Wildman–Crippen LogP) is 2.01. The Morgan fingerprint density at radius 3 is 2.54 bits per heavy atom. The minimum Gasteiger partial charge on any atom is -0.495 e. The molecule has 0 N–H and O–H groups in total. The van der Waals surface area contributed by atoms with Gasteiger partial charge in [-0.05, 0) is 19.1 Å². The summed E-state index contributed by atoms with van der Waals surface area (Å²) in [7, 11) is 1.70. The van der Waals surface area contributed by atoms with E-state index in [1.807, 2.05) is 28.6 Å². The Morgan fingerprint density at radius 1 is 1.21 bits per heavy atom. The highest BCUT2D eigenvalue weighted by Crippen LogP contribution is 2.28. The summed E-state index contributed by atoms with van der Waals surface area (Å²) >= 11 is 1.69. The van der Waals surface area contributed by atoms with Gasteiger partial charge in [0.25, 0.3) is 5.91 Å². The van der Waals surface area contributed by atoms with Crippen LogP contribution >= 0.6 is 11.3 Å². The number of methoxy groups -OCH3 is 1. The van der Waals surface area contributed by atoms with Gasteiger partial charge in [0.1, 0.15) is 5.75 Å². The summed E-state index contributed by atoms with van der Waals surface area (Å²) in [5.41, 5.74) is 4.32. The van der Waals surface area contributed by atoms with Crippen molar-refractivity contribution in [1.29, 1.82) is 0 Å². The molecule has 1 aromatic heterocycles. The largest absolute Gasteiger partial charge is 0.495 e. The van der Waals surface area contributed by atoms with Gasteiger partial charge in [-0.1, -0.05) is 23.5 Å². The summed E-state index contributed by atoms with van der Waals surface area (Å²) in [5, 5.41) is 0. The fourth-order valence-corrected chi connectivity index (χ4v) is 3.80. The third-order valence-electron chi connectivity index (χ3n) is 4.66. The molecule has 0 spiro atoms. The van der Waals surface area contributed by atoms with Gasteiger partial charge in [-0.3, -0.25) is 4.79 Å². The number of aryl methyl sites for hydroxylation is 1. The minimum absolute atomic E-state index is 0.195. The molecule has 128 valence electrons. The average Bonchev–Trinajstić information content (AvgIpc) is 2.94. The van der Waals surface area contributed by atoms with E-state index < -0.39 is 0 Å². The molecule has 0 bridgehead atoms. The zero-order chi connectivity index (χ0) is 17.1. The van der Waals surface area contributed by atoms with Crippen molar-refractivity contribution in [2.24, 2.45) is 0 Å². The number of thiazole rings is 1. The first-order valence-electron chi connectivity index (χ1n) is 8.20. The van der Waals surface area contributed by atoms with Crippen LogP contribution in [0.2, 0.25) is 0 Å². The Kier molecular flexibility index (Phi) is 5.04. The topological polar surface area (TPSA) is 36.7 Å². The summed E-state index contributed by atoms with van der Waals surface area (Å²) in [5.74, 6) is 1.08. The highest BCUT2D eigenvalue weighted by atomic mass is 32.1. The van der Waals surface area contributed by atoms with Gasteiger partial charge >= 0.3 is 0 Å². The minimum atomic E-state index is 0.195. The number of para-hydroxylation sites is 2. The molecule has 1 aromatic carbocycles. The van der Waals surface area contributed by atoms with Crippen LogP contribution in [0.3, 0.4) is 0 Å². The number of carbonyl (C=O) groups excluding carboxylic acids is 1. The molecule has 0 aliphatic carbocycles. The molecular weight excluding hydrogens is 322 g/mol. The van der Waals surface area contributed by atoms with Crippen molar-refractivity contribution in [3.05, 3.63) is 40.3 Å². The number of amides is 1. The van der Waals surface area contributed by atoms with Crippen LogP contribution in [0, 0.1) is 13.8 Å². The number of hydrogen-bond acceptors (Lipinski definition) is 4. The number of ether oxygens (including phenoxy) is 1. The monoisotopic (exact) mass is 346 g/mol. The Hall–Kier alpha value is -2.08. The fraction of sp³-hybridized carbons (Fsp3) is 0.444. The molecular formula is C18H24N3O2S+. The molecule has 0 radical (unpaired) electrons. The first-order chi connectivity index (χ1) is 11.6. The molecule has 0 saturated carbocycles. The van der Waals surface area contributed by atoms with Crippen LogP contribution in [0.15, 0.2) is 29.8 Å². The quantitative estimate of drug-likeness (QED) is 0.795. The lowest BCUT2D eigenvalue weighted by Crippen LogP contribution is -2.52. The number of rotatable bonds is 4. The molecule has 5 nitrogen and oxygen atoms in total. The number of carbonyl (C=O) groups is 1. The summed E-state index contributed by atoms with van der Waals surface area (Å²) in [4.78, 5) is 18.1. The van der Waals surface area contributed by atoms with Crippen molar-refractivity contribution < 1.29 is 14.1 Å². The highest BCUT2D eigenvalue weighted by molar-refractivity contribution is 7.09. The van der Waals surface area contributed by atoms with E-state index in [2.05, 4.69) is 29.4 Å². The van der Waals surface area contributed by atoms with Crippen molar-refractivity contribution in [3.8, 4) is 5.75 Å². The van der Waals surface area contributed by atoms with Crippen LogP contribution in [0.5, 0.6) is 5.75 Å². The van der Waals surface area contributed by atoms with Crippen LogP contribution in [0.1, 0.15) is 10.6 Å². The molecule has 6 heteroatoms. The standard InChI is InChI=1S/C18H24N3O2S/c1-14-15(2)24-13-21(14)12-18(22)20-10-8-19(9-11-20)16-6-4-5-7-17(16)23-3/h4-7,13H,8-12H2,1-3H3/q+1. The zero-order valence-corrected chi connectivity index (χ0v) is 15.3.